The van der Waals surface area contributed by atoms with Gasteiger partial charge in [0.05, 0.1) is 12.6 Å². The maximum Gasteiger partial charge on any atom is 0.339 e. The van der Waals surface area contributed by atoms with Crippen molar-refractivity contribution in [2.45, 2.75) is 12.6 Å². The summed E-state index contributed by atoms with van der Waals surface area (Å²) in [6, 6.07) is 17.1. The Balaban J connectivity index is 1.63. The molecule has 2 heterocycles. The number of rotatable bonds is 9. The zero-order chi connectivity index (χ0) is 25.9. The molecule has 0 bridgehead atoms. The second-order valence-corrected chi connectivity index (χ2v) is 8.86. The van der Waals surface area contributed by atoms with Crippen LogP contribution in [-0.2, 0) is 6.61 Å². The molecule has 5 rings (SSSR count). The number of hydrogen-bond acceptors (Lipinski definition) is 7. The van der Waals surface area contributed by atoms with Gasteiger partial charge in [-0.15, -0.1) is 0 Å². The number of benzene rings is 3. The summed E-state index contributed by atoms with van der Waals surface area (Å²) in [7, 11) is 0. The van der Waals surface area contributed by atoms with Gasteiger partial charge in [-0.25, -0.2) is 9.78 Å². The number of carbonyl (C=O) groups is 1. The number of nitrogens with zero attached hydrogens (tertiary/aromatic N) is 1. The Morgan fingerprint density at radius 3 is 2.59 bits per heavy atom. The lowest BCUT2D eigenvalue weighted by molar-refractivity contribution is 0.0698. The molecule has 3 aromatic carbocycles. The van der Waals surface area contributed by atoms with E-state index < -0.39 is 12.0 Å². The first kappa shape index (κ1) is 24.6. The first-order valence-electron chi connectivity index (χ1n) is 11.5. The van der Waals surface area contributed by atoms with E-state index >= 15 is 0 Å². The molecular weight excluding hydrogens is 496 g/mol. The third kappa shape index (κ3) is 4.82. The number of fused-ring (bicyclic) bond motifs is 3. The second kappa shape index (κ2) is 10.5. The molecule has 0 saturated carbocycles. The summed E-state index contributed by atoms with van der Waals surface area (Å²) >= 11 is 5.96. The van der Waals surface area contributed by atoms with E-state index in [1.54, 1.807) is 54.7 Å². The van der Waals surface area contributed by atoms with Crippen molar-refractivity contribution >= 4 is 39.3 Å². The monoisotopic (exact) mass is 518 g/mol. The van der Waals surface area contributed by atoms with Gasteiger partial charge in [-0.3, -0.25) is 0 Å². The van der Waals surface area contributed by atoms with Crippen LogP contribution in [0.5, 0.6) is 11.6 Å². The van der Waals surface area contributed by atoms with E-state index in [0.717, 1.165) is 5.56 Å². The van der Waals surface area contributed by atoms with Crippen LogP contribution < -0.4 is 10.1 Å². The summed E-state index contributed by atoms with van der Waals surface area (Å²) in [4.78, 5) is 16.4. The van der Waals surface area contributed by atoms with Crippen LogP contribution in [0.3, 0.4) is 0 Å². The van der Waals surface area contributed by atoms with E-state index in [0.29, 0.717) is 38.4 Å². The van der Waals surface area contributed by atoms with Crippen LogP contribution in [0, 0.1) is 0 Å². The largest absolute Gasteiger partial charge is 0.507 e. The standard InChI is InChI=1S/C28H23ClN2O6/c29-18-7-5-16(6-8-18)14-36-22-13-17(9-10-30-22)25(31-11-12-32)24-23-21(28(34)35)15-37-27(23)20-4-2-1-3-19(20)26(24)33/h1-10,13,15,25,31-33H,11-12,14H2,(H,34,35). The molecule has 0 aliphatic carbocycles. The summed E-state index contributed by atoms with van der Waals surface area (Å²) in [6.07, 6.45) is 2.75. The fraction of sp³-hybridized carbons (Fsp3) is 0.143. The number of phenols is 1. The fourth-order valence-corrected chi connectivity index (χ4v) is 4.56. The Labute approximate surface area is 216 Å². The molecule has 4 N–H and O–H groups in total. The van der Waals surface area contributed by atoms with Crippen molar-refractivity contribution in [2.75, 3.05) is 13.2 Å². The number of hydrogen-bond donors (Lipinski definition) is 4. The SMILES string of the molecule is O=C(O)c1coc2c1c(C(NCCO)c1ccnc(OCc3ccc(Cl)cc3)c1)c(O)c1ccccc12. The van der Waals surface area contributed by atoms with Gasteiger partial charge in [0.1, 0.15) is 29.8 Å². The highest BCUT2D eigenvalue weighted by atomic mass is 35.5. The number of pyridine rings is 1. The van der Waals surface area contributed by atoms with Crippen LogP contribution in [0.2, 0.25) is 5.02 Å². The quantitative estimate of drug-likeness (QED) is 0.207. The Bertz CT molecular complexity index is 1580. The summed E-state index contributed by atoms with van der Waals surface area (Å²) < 4.78 is 11.6. The van der Waals surface area contributed by atoms with E-state index in [1.165, 1.54) is 6.26 Å². The maximum absolute atomic E-state index is 12.1. The molecule has 188 valence electrons. The maximum atomic E-state index is 12.1. The van der Waals surface area contributed by atoms with Crippen LogP contribution in [0.4, 0.5) is 0 Å². The summed E-state index contributed by atoms with van der Waals surface area (Å²) in [5, 5.41) is 36.1. The lowest BCUT2D eigenvalue weighted by atomic mass is 9.90. The summed E-state index contributed by atoms with van der Waals surface area (Å²) in [5.41, 5.74) is 2.16. The van der Waals surface area contributed by atoms with Gasteiger partial charge in [-0.1, -0.05) is 48.0 Å². The lowest BCUT2D eigenvalue weighted by Gasteiger charge is -2.23. The van der Waals surface area contributed by atoms with Gasteiger partial charge in [0.15, 0.2) is 0 Å². The molecule has 0 spiro atoms. The molecule has 0 saturated heterocycles. The van der Waals surface area contributed by atoms with Crippen LogP contribution in [0.25, 0.3) is 21.7 Å². The second-order valence-electron chi connectivity index (χ2n) is 8.42. The number of aliphatic hydroxyl groups is 1. The van der Waals surface area contributed by atoms with E-state index in [9.17, 15) is 20.1 Å². The minimum atomic E-state index is -1.18. The number of aromatic nitrogens is 1. The first-order valence-corrected chi connectivity index (χ1v) is 11.9. The van der Waals surface area contributed by atoms with Gasteiger partial charge in [-0.2, -0.15) is 0 Å². The smallest absolute Gasteiger partial charge is 0.339 e. The van der Waals surface area contributed by atoms with E-state index in [-0.39, 0.29) is 36.5 Å². The first-order chi connectivity index (χ1) is 18.0. The van der Waals surface area contributed by atoms with Gasteiger partial charge in [0.25, 0.3) is 0 Å². The number of phenolic OH excluding ortho intramolecular Hbond substituents is 1. The number of carboxylic acid groups (broad SMARTS) is 1. The molecular formula is C28H23ClN2O6. The molecule has 5 aromatic rings. The van der Waals surface area contributed by atoms with Crippen LogP contribution in [-0.4, -0.2) is 39.4 Å². The number of nitrogens with one attached hydrogen (secondary N) is 1. The number of aromatic hydroxyl groups is 1. The summed E-state index contributed by atoms with van der Waals surface area (Å²) in [5.74, 6) is -0.925. The highest BCUT2D eigenvalue weighted by Crippen LogP contribution is 2.44. The predicted molar refractivity (Wildman–Crippen MR) is 139 cm³/mol. The van der Waals surface area contributed by atoms with Gasteiger partial charge in [0.2, 0.25) is 5.88 Å². The molecule has 0 fully saturated rings. The predicted octanol–water partition coefficient (Wildman–Crippen LogP) is 5.29. The molecule has 9 heteroatoms. The molecule has 1 atom stereocenters. The molecule has 1 unspecified atom stereocenters. The van der Waals surface area contributed by atoms with Crippen molar-refractivity contribution in [3.63, 3.8) is 0 Å². The average molecular weight is 519 g/mol. The summed E-state index contributed by atoms with van der Waals surface area (Å²) in [6.45, 7) is 0.275. The van der Waals surface area contributed by atoms with Gasteiger partial charge in [0, 0.05) is 45.6 Å². The van der Waals surface area contributed by atoms with Gasteiger partial charge >= 0.3 is 5.97 Å². The lowest BCUT2D eigenvalue weighted by Crippen LogP contribution is -2.26. The van der Waals surface area contributed by atoms with Crippen molar-refractivity contribution in [3.05, 3.63) is 100 Å². The van der Waals surface area contributed by atoms with E-state index in [4.69, 9.17) is 20.8 Å². The molecule has 0 aliphatic heterocycles. The van der Waals surface area contributed by atoms with Crippen molar-refractivity contribution in [2.24, 2.45) is 0 Å². The Kier molecular flexibility index (Phi) is 6.96. The van der Waals surface area contributed by atoms with Crippen LogP contribution in [0.1, 0.15) is 33.1 Å². The Morgan fingerprint density at radius 2 is 1.86 bits per heavy atom. The highest BCUT2D eigenvalue weighted by Gasteiger charge is 2.28. The highest BCUT2D eigenvalue weighted by molar-refractivity contribution is 6.30. The topological polar surface area (TPSA) is 125 Å². The zero-order valence-electron chi connectivity index (χ0n) is 19.5. The third-order valence-corrected chi connectivity index (χ3v) is 6.37. The number of aromatic carboxylic acids is 1. The molecule has 0 aliphatic rings. The minimum Gasteiger partial charge on any atom is -0.507 e. The normalized spacial score (nSPS) is 12.2. The fourth-order valence-electron chi connectivity index (χ4n) is 4.43. The number of aliphatic hydroxyl groups excluding tert-OH is 1. The Hall–Kier alpha value is -4.11. The molecule has 0 radical (unpaired) electrons. The molecule has 37 heavy (non-hydrogen) atoms. The molecule has 2 aromatic heterocycles. The third-order valence-electron chi connectivity index (χ3n) is 6.11. The average Bonchev–Trinajstić information content (AvgIpc) is 3.36. The minimum absolute atomic E-state index is 0.0740. The van der Waals surface area contributed by atoms with E-state index in [1.807, 2.05) is 12.1 Å². The molecule has 0 amide bonds. The number of halogens is 1. The van der Waals surface area contributed by atoms with Crippen LogP contribution in [0.15, 0.2) is 77.5 Å². The van der Waals surface area contributed by atoms with Gasteiger partial charge < -0.3 is 29.8 Å². The number of ether oxygens (including phenoxy) is 1. The van der Waals surface area contributed by atoms with Crippen molar-refractivity contribution in [1.82, 2.24) is 10.3 Å². The number of furan rings is 1. The van der Waals surface area contributed by atoms with Crippen molar-refractivity contribution in [3.8, 4) is 11.6 Å². The number of carboxylic acids is 1. The molecule has 8 nitrogen and oxygen atoms in total. The zero-order valence-corrected chi connectivity index (χ0v) is 20.3. The Morgan fingerprint density at radius 1 is 1.11 bits per heavy atom. The van der Waals surface area contributed by atoms with Gasteiger partial charge in [-0.05, 0) is 29.3 Å². The van der Waals surface area contributed by atoms with Crippen molar-refractivity contribution < 1.29 is 29.3 Å². The van der Waals surface area contributed by atoms with Crippen molar-refractivity contribution in [1.29, 1.82) is 0 Å². The van der Waals surface area contributed by atoms with E-state index in [2.05, 4.69) is 10.3 Å². The van der Waals surface area contributed by atoms with Crippen LogP contribution >= 0.6 is 11.6 Å².